The summed E-state index contributed by atoms with van der Waals surface area (Å²) in [6.07, 6.45) is 0.891. The van der Waals surface area contributed by atoms with Crippen molar-refractivity contribution in [1.29, 1.82) is 0 Å². The van der Waals surface area contributed by atoms with Gasteiger partial charge in [0.05, 0.1) is 5.01 Å². The number of nitrogens with zero attached hydrogens (tertiary/aromatic N) is 1. The van der Waals surface area contributed by atoms with E-state index >= 15 is 0 Å². The highest BCUT2D eigenvalue weighted by atomic mass is 32.1. The lowest BCUT2D eigenvalue weighted by Gasteiger charge is -2.01. The van der Waals surface area contributed by atoms with Gasteiger partial charge in [0.15, 0.2) is 0 Å². The molecule has 0 aliphatic carbocycles. The van der Waals surface area contributed by atoms with Gasteiger partial charge in [-0.05, 0) is 17.7 Å². The van der Waals surface area contributed by atoms with E-state index in [1.54, 1.807) is 11.3 Å². The van der Waals surface area contributed by atoms with Crippen molar-refractivity contribution in [2.75, 3.05) is 5.32 Å². The van der Waals surface area contributed by atoms with E-state index in [-0.39, 0.29) is 0 Å². The van der Waals surface area contributed by atoms with Crippen molar-refractivity contribution in [2.45, 2.75) is 6.42 Å². The molecule has 0 amide bonds. The van der Waals surface area contributed by atoms with Crippen molar-refractivity contribution in [3.05, 3.63) is 76.6 Å². The number of aromatic nitrogens is 1. The van der Waals surface area contributed by atoms with Crippen LogP contribution in [0, 0.1) is 0 Å². The summed E-state index contributed by atoms with van der Waals surface area (Å²) in [5.74, 6) is 0.919. The zero-order valence-corrected chi connectivity index (χ0v) is 11.2. The van der Waals surface area contributed by atoms with E-state index in [0.717, 1.165) is 22.9 Å². The SMILES string of the molecule is c1ccc(Cc2nc(Nc3ccccc3)cs2)cc1. The van der Waals surface area contributed by atoms with Crippen molar-refractivity contribution in [1.82, 2.24) is 4.98 Å². The van der Waals surface area contributed by atoms with Crippen LogP contribution in [0.25, 0.3) is 0 Å². The summed E-state index contributed by atoms with van der Waals surface area (Å²) < 4.78 is 0. The van der Waals surface area contributed by atoms with Crippen LogP contribution in [0.4, 0.5) is 11.5 Å². The third-order valence-electron chi connectivity index (χ3n) is 2.80. The second kappa shape index (κ2) is 5.67. The van der Waals surface area contributed by atoms with Crippen molar-refractivity contribution >= 4 is 22.8 Å². The van der Waals surface area contributed by atoms with E-state index in [1.807, 2.05) is 36.4 Å². The van der Waals surface area contributed by atoms with Gasteiger partial charge in [-0.2, -0.15) is 0 Å². The molecule has 2 nitrogen and oxygen atoms in total. The number of anilines is 2. The summed E-state index contributed by atoms with van der Waals surface area (Å²) in [6, 6.07) is 20.5. The lowest BCUT2D eigenvalue weighted by molar-refractivity contribution is 1.14. The second-order valence-corrected chi connectivity index (χ2v) is 5.22. The van der Waals surface area contributed by atoms with Gasteiger partial charge < -0.3 is 5.32 Å². The molecule has 1 N–H and O–H groups in total. The fourth-order valence-corrected chi connectivity index (χ4v) is 2.65. The maximum absolute atomic E-state index is 4.61. The highest BCUT2D eigenvalue weighted by molar-refractivity contribution is 7.10. The maximum Gasteiger partial charge on any atom is 0.141 e. The number of nitrogens with one attached hydrogen (secondary N) is 1. The average molecular weight is 266 g/mol. The van der Waals surface area contributed by atoms with Crippen LogP contribution in [-0.2, 0) is 6.42 Å². The number of hydrogen-bond donors (Lipinski definition) is 1. The van der Waals surface area contributed by atoms with E-state index in [4.69, 9.17) is 0 Å². The largest absolute Gasteiger partial charge is 0.340 e. The van der Waals surface area contributed by atoms with E-state index in [2.05, 4.69) is 39.9 Å². The molecule has 0 unspecified atom stereocenters. The Balaban J connectivity index is 1.70. The van der Waals surface area contributed by atoms with E-state index in [1.165, 1.54) is 5.56 Å². The van der Waals surface area contributed by atoms with E-state index in [9.17, 15) is 0 Å². The molecular weight excluding hydrogens is 252 g/mol. The molecule has 1 heterocycles. The Bertz CT molecular complexity index is 576. The first-order chi connectivity index (χ1) is 9.40. The minimum absolute atomic E-state index is 0.891. The van der Waals surface area contributed by atoms with Gasteiger partial charge in [0.2, 0.25) is 0 Å². The third-order valence-corrected chi connectivity index (χ3v) is 3.64. The minimum Gasteiger partial charge on any atom is -0.340 e. The molecule has 3 rings (SSSR count). The van der Waals surface area contributed by atoms with Gasteiger partial charge in [0.25, 0.3) is 0 Å². The Morgan fingerprint density at radius 3 is 2.32 bits per heavy atom. The Hall–Kier alpha value is -2.13. The zero-order chi connectivity index (χ0) is 12.9. The molecule has 0 aliphatic heterocycles. The highest BCUT2D eigenvalue weighted by Crippen LogP contribution is 2.21. The first-order valence-electron chi connectivity index (χ1n) is 6.20. The van der Waals surface area contributed by atoms with Crippen LogP contribution in [-0.4, -0.2) is 4.98 Å². The maximum atomic E-state index is 4.61. The first kappa shape index (κ1) is 11.9. The Kier molecular flexibility index (Phi) is 3.56. The van der Waals surface area contributed by atoms with E-state index in [0.29, 0.717) is 0 Å². The molecule has 0 bridgehead atoms. The number of rotatable bonds is 4. The lowest BCUT2D eigenvalue weighted by Crippen LogP contribution is -1.91. The molecule has 3 aromatic rings. The molecule has 1 aromatic heterocycles. The number of para-hydroxylation sites is 1. The van der Waals surface area contributed by atoms with Gasteiger partial charge >= 0.3 is 0 Å². The molecule has 94 valence electrons. The van der Waals surface area contributed by atoms with Crippen molar-refractivity contribution in [2.24, 2.45) is 0 Å². The van der Waals surface area contributed by atoms with Gasteiger partial charge in [-0.1, -0.05) is 48.5 Å². The second-order valence-electron chi connectivity index (χ2n) is 4.28. The minimum atomic E-state index is 0.891. The summed E-state index contributed by atoms with van der Waals surface area (Å²) in [5, 5.41) is 6.50. The van der Waals surface area contributed by atoms with Gasteiger partial charge in [-0.25, -0.2) is 4.98 Å². The number of hydrogen-bond acceptors (Lipinski definition) is 3. The smallest absolute Gasteiger partial charge is 0.141 e. The molecule has 0 saturated heterocycles. The number of benzene rings is 2. The highest BCUT2D eigenvalue weighted by Gasteiger charge is 2.03. The molecule has 2 aromatic carbocycles. The van der Waals surface area contributed by atoms with Crippen LogP contribution in [0.5, 0.6) is 0 Å². The normalized spacial score (nSPS) is 10.3. The van der Waals surface area contributed by atoms with Gasteiger partial charge in [0.1, 0.15) is 5.82 Å². The van der Waals surface area contributed by atoms with Crippen molar-refractivity contribution < 1.29 is 0 Å². The average Bonchev–Trinajstić information content (AvgIpc) is 2.88. The lowest BCUT2D eigenvalue weighted by atomic mass is 10.2. The topological polar surface area (TPSA) is 24.9 Å². The monoisotopic (exact) mass is 266 g/mol. The van der Waals surface area contributed by atoms with Gasteiger partial charge in [0, 0.05) is 17.5 Å². The molecule has 0 spiro atoms. The van der Waals surface area contributed by atoms with E-state index < -0.39 is 0 Å². The van der Waals surface area contributed by atoms with Crippen molar-refractivity contribution in [3.8, 4) is 0 Å². The van der Waals surface area contributed by atoms with Crippen LogP contribution in [0.3, 0.4) is 0 Å². The van der Waals surface area contributed by atoms with Crippen LogP contribution >= 0.6 is 11.3 Å². The molecule has 3 heteroatoms. The Morgan fingerprint density at radius 1 is 0.895 bits per heavy atom. The fraction of sp³-hybridized carbons (Fsp3) is 0.0625. The summed E-state index contributed by atoms with van der Waals surface area (Å²) in [6.45, 7) is 0. The molecular formula is C16H14N2S. The van der Waals surface area contributed by atoms with Crippen LogP contribution in [0.1, 0.15) is 10.6 Å². The summed E-state index contributed by atoms with van der Waals surface area (Å²) >= 11 is 1.69. The third kappa shape index (κ3) is 3.20. The molecule has 19 heavy (non-hydrogen) atoms. The molecule has 0 atom stereocenters. The fourth-order valence-electron chi connectivity index (χ4n) is 1.89. The van der Waals surface area contributed by atoms with Crippen LogP contribution < -0.4 is 5.32 Å². The Labute approximate surface area is 116 Å². The predicted octanol–water partition coefficient (Wildman–Crippen LogP) is 4.48. The summed E-state index contributed by atoms with van der Waals surface area (Å²) in [5.41, 5.74) is 2.36. The quantitative estimate of drug-likeness (QED) is 0.753. The standard InChI is InChI=1S/C16H14N2S/c1-3-7-13(8-4-1)11-16-18-15(12-19-16)17-14-9-5-2-6-10-14/h1-10,12,17H,11H2. The van der Waals surface area contributed by atoms with Gasteiger partial charge in [-0.15, -0.1) is 11.3 Å². The Morgan fingerprint density at radius 2 is 1.58 bits per heavy atom. The molecule has 0 saturated carbocycles. The summed E-state index contributed by atoms with van der Waals surface area (Å²) in [7, 11) is 0. The predicted molar refractivity (Wildman–Crippen MR) is 81.1 cm³/mol. The molecule has 0 fully saturated rings. The summed E-state index contributed by atoms with van der Waals surface area (Å²) in [4.78, 5) is 4.61. The van der Waals surface area contributed by atoms with Crippen LogP contribution in [0.2, 0.25) is 0 Å². The van der Waals surface area contributed by atoms with Crippen molar-refractivity contribution in [3.63, 3.8) is 0 Å². The number of thiazole rings is 1. The molecule has 0 radical (unpaired) electrons. The van der Waals surface area contributed by atoms with Gasteiger partial charge in [-0.3, -0.25) is 0 Å². The van der Waals surface area contributed by atoms with Crippen LogP contribution in [0.15, 0.2) is 66.0 Å². The molecule has 0 aliphatic rings. The zero-order valence-electron chi connectivity index (χ0n) is 10.4. The first-order valence-corrected chi connectivity index (χ1v) is 7.08.